The maximum atomic E-state index is 13.0. The van der Waals surface area contributed by atoms with Crippen molar-refractivity contribution in [3.05, 3.63) is 70.5 Å². The Kier molecular flexibility index (Phi) is 5.03. The quantitative estimate of drug-likeness (QED) is 0.702. The molecule has 0 unspecified atom stereocenters. The van der Waals surface area contributed by atoms with E-state index in [0.717, 1.165) is 12.0 Å². The van der Waals surface area contributed by atoms with Gasteiger partial charge in [0, 0.05) is 17.3 Å². The molecule has 1 aromatic heterocycles. The lowest BCUT2D eigenvalue weighted by Gasteiger charge is -2.25. The average molecular weight is 405 g/mol. The van der Waals surface area contributed by atoms with Crippen molar-refractivity contribution in [3.8, 4) is 22.8 Å². The van der Waals surface area contributed by atoms with Crippen LogP contribution in [0.3, 0.4) is 0 Å². The van der Waals surface area contributed by atoms with Gasteiger partial charge in [0.15, 0.2) is 11.5 Å². The predicted molar refractivity (Wildman–Crippen MR) is 114 cm³/mol. The zero-order valence-corrected chi connectivity index (χ0v) is 17.1. The van der Waals surface area contributed by atoms with Gasteiger partial charge in [-0.2, -0.15) is 5.10 Å². The second-order valence-electron chi connectivity index (χ2n) is 7.60. The van der Waals surface area contributed by atoms with E-state index in [0.29, 0.717) is 22.9 Å². The van der Waals surface area contributed by atoms with E-state index in [1.807, 2.05) is 36.4 Å². The molecule has 0 fully saturated rings. The maximum absolute atomic E-state index is 13.0. The van der Waals surface area contributed by atoms with Crippen LogP contribution >= 0.6 is 0 Å². The molecule has 3 aromatic rings. The zero-order chi connectivity index (χ0) is 21.3. The number of carbonyl (C=O) groups excluding carboxylic acids is 1. The number of hydrogen-bond donors (Lipinski definition) is 1. The average Bonchev–Trinajstić information content (AvgIpc) is 3.22. The molecule has 7 nitrogen and oxygen atoms in total. The summed E-state index contributed by atoms with van der Waals surface area (Å²) in [4.78, 5) is 25.5. The first-order valence-corrected chi connectivity index (χ1v) is 9.80. The van der Waals surface area contributed by atoms with Gasteiger partial charge >= 0.3 is 0 Å². The van der Waals surface area contributed by atoms with Crippen LogP contribution in [-0.4, -0.2) is 22.5 Å². The minimum absolute atomic E-state index is 0.179. The lowest BCUT2D eigenvalue weighted by molar-refractivity contribution is -0.123. The number of aromatic nitrogens is 2. The minimum atomic E-state index is -1.20. The van der Waals surface area contributed by atoms with Crippen molar-refractivity contribution >= 4 is 11.6 Å². The second kappa shape index (κ2) is 7.67. The predicted octanol–water partition coefficient (Wildman–Crippen LogP) is 3.58. The van der Waals surface area contributed by atoms with E-state index < -0.39 is 5.54 Å². The van der Waals surface area contributed by atoms with Crippen LogP contribution < -0.4 is 20.3 Å². The standard InChI is InChI=1S/C23H23N3O4/c1-4-15-5-8-17(9-6-15)24-22(28)23(2,3)26-21(27)12-10-18(25-26)16-7-11-19-20(13-16)30-14-29-19/h5-13H,4,14H2,1-3H3,(H,24,28). The van der Waals surface area contributed by atoms with E-state index in [1.54, 1.807) is 26.0 Å². The van der Waals surface area contributed by atoms with Gasteiger partial charge in [-0.05, 0) is 62.2 Å². The van der Waals surface area contributed by atoms with Gasteiger partial charge < -0.3 is 14.8 Å². The largest absolute Gasteiger partial charge is 0.454 e. The molecule has 1 aliphatic rings. The molecule has 7 heteroatoms. The highest BCUT2D eigenvalue weighted by Crippen LogP contribution is 2.35. The number of amides is 1. The molecule has 154 valence electrons. The Morgan fingerprint density at radius 3 is 2.53 bits per heavy atom. The van der Waals surface area contributed by atoms with Gasteiger partial charge in [0.25, 0.3) is 11.5 Å². The lowest BCUT2D eigenvalue weighted by Crippen LogP contribution is -2.47. The molecule has 2 heterocycles. The highest BCUT2D eigenvalue weighted by molar-refractivity contribution is 5.96. The van der Waals surface area contributed by atoms with Crippen molar-refractivity contribution in [3.63, 3.8) is 0 Å². The van der Waals surface area contributed by atoms with Crippen LogP contribution in [-0.2, 0) is 16.8 Å². The van der Waals surface area contributed by atoms with E-state index in [2.05, 4.69) is 17.3 Å². The molecule has 30 heavy (non-hydrogen) atoms. The Bertz CT molecular complexity index is 1150. The van der Waals surface area contributed by atoms with E-state index in [1.165, 1.54) is 16.3 Å². The molecule has 1 amide bonds. The molecule has 0 saturated heterocycles. The van der Waals surface area contributed by atoms with Crippen LogP contribution in [0.4, 0.5) is 5.69 Å². The normalized spacial score (nSPS) is 12.6. The Morgan fingerprint density at radius 1 is 1.07 bits per heavy atom. The van der Waals surface area contributed by atoms with Crippen molar-refractivity contribution in [2.75, 3.05) is 12.1 Å². The Morgan fingerprint density at radius 2 is 1.80 bits per heavy atom. The molecule has 2 aromatic carbocycles. The SMILES string of the molecule is CCc1ccc(NC(=O)C(C)(C)n2nc(-c3ccc4c(c3)OCO4)ccc2=O)cc1. The minimum Gasteiger partial charge on any atom is -0.454 e. The summed E-state index contributed by atoms with van der Waals surface area (Å²) in [5.41, 5.74) is 1.61. The highest BCUT2D eigenvalue weighted by atomic mass is 16.7. The fourth-order valence-corrected chi connectivity index (χ4v) is 3.23. The van der Waals surface area contributed by atoms with E-state index in [-0.39, 0.29) is 18.3 Å². The van der Waals surface area contributed by atoms with Crippen molar-refractivity contribution in [2.24, 2.45) is 0 Å². The smallest absolute Gasteiger partial charge is 0.267 e. The monoisotopic (exact) mass is 405 g/mol. The van der Waals surface area contributed by atoms with Crippen LogP contribution in [0.15, 0.2) is 59.4 Å². The number of anilines is 1. The summed E-state index contributed by atoms with van der Waals surface area (Å²) in [6.45, 7) is 5.58. The van der Waals surface area contributed by atoms with Gasteiger partial charge in [-0.1, -0.05) is 19.1 Å². The summed E-state index contributed by atoms with van der Waals surface area (Å²) in [5, 5.41) is 7.35. The second-order valence-corrected chi connectivity index (χ2v) is 7.60. The van der Waals surface area contributed by atoms with Crippen LogP contribution in [0.1, 0.15) is 26.3 Å². The lowest BCUT2D eigenvalue weighted by atomic mass is 10.0. The number of ether oxygens (including phenoxy) is 2. The number of aryl methyl sites for hydroxylation is 1. The van der Waals surface area contributed by atoms with Gasteiger partial charge in [-0.15, -0.1) is 0 Å². The van der Waals surface area contributed by atoms with Crippen molar-refractivity contribution in [2.45, 2.75) is 32.7 Å². The van der Waals surface area contributed by atoms with Crippen LogP contribution in [0.5, 0.6) is 11.5 Å². The van der Waals surface area contributed by atoms with Crippen molar-refractivity contribution in [1.29, 1.82) is 0 Å². The number of benzene rings is 2. The first-order valence-electron chi connectivity index (χ1n) is 9.80. The molecule has 0 radical (unpaired) electrons. The van der Waals surface area contributed by atoms with Crippen LogP contribution in [0.2, 0.25) is 0 Å². The molecule has 0 saturated carbocycles. The summed E-state index contributed by atoms with van der Waals surface area (Å²) in [6, 6.07) is 16.1. The van der Waals surface area contributed by atoms with Gasteiger partial charge in [-0.3, -0.25) is 9.59 Å². The third kappa shape index (κ3) is 3.66. The third-order valence-electron chi connectivity index (χ3n) is 5.17. The molecule has 0 aliphatic carbocycles. The third-order valence-corrected chi connectivity index (χ3v) is 5.17. The van der Waals surface area contributed by atoms with Crippen molar-refractivity contribution in [1.82, 2.24) is 9.78 Å². The number of carbonyl (C=O) groups is 1. The number of hydrogen-bond acceptors (Lipinski definition) is 5. The molecular weight excluding hydrogens is 382 g/mol. The Labute approximate surface area is 174 Å². The van der Waals surface area contributed by atoms with Crippen LogP contribution in [0.25, 0.3) is 11.3 Å². The summed E-state index contributed by atoms with van der Waals surface area (Å²) >= 11 is 0. The zero-order valence-electron chi connectivity index (χ0n) is 17.1. The summed E-state index contributed by atoms with van der Waals surface area (Å²) in [5.74, 6) is 0.963. The van der Waals surface area contributed by atoms with Crippen LogP contribution in [0, 0.1) is 0 Å². The summed E-state index contributed by atoms with van der Waals surface area (Å²) in [7, 11) is 0. The van der Waals surface area contributed by atoms with Crippen molar-refractivity contribution < 1.29 is 14.3 Å². The van der Waals surface area contributed by atoms with Gasteiger partial charge in [0.05, 0.1) is 5.69 Å². The fraction of sp³-hybridized carbons (Fsp3) is 0.261. The van der Waals surface area contributed by atoms with E-state index in [4.69, 9.17) is 9.47 Å². The molecule has 0 bridgehead atoms. The number of fused-ring (bicyclic) bond motifs is 1. The molecule has 0 atom stereocenters. The summed E-state index contributed by atoms with van der Waals surface area (Å²) < 4.78 is 12.0. The number of rotatable bonds is 5. The maximum Gasteiger partial charge on any atom is 0.267 e. The highest BCUT2D eigenvalue weighted by Gasteiger charge is 2.32. The molecular formula is C23H23N3O4. The Balaban J connectivity index is 1.63. The topological polar surface area (TPSA) is 82.5 Å². The fourth-order valence-electron chi connectivity index (χ4n) is 3.23. The Hall–Kier alpha value is -3.61. The van der Waals surface area contributed by atoms with Gasteiger partial charge in [0.2, 0.25) is 6.79 Å². The molecule has 4 rings (SSSR count). The molecule has 1 N–H and O–H groups in total. The first kappa shape index (κ1) is 19.7. The number of nitrogens with one attached hydrogen (secondary N) is 1. The number of nitrogens with zero attached hydrogens (tertiary/aromatic N) is 2. The van der Waals surface area contributed by atoms with Gasteiger partial charge in [0.1, 0.15) is 5.54 Å². The van der Waals surface area contributed by atoms with Gasteiger partial charge in [-0.25, -0.2) is 4.68 Å². The molecule has 1 aliphatic heterocycles. The molecule has 0 spiro atoms. The van der Waals surface area contributed by atoms with E-state index in [9.17, 15) is 9.59 Å². The summed E-state index contributed by atoms with van der Waals surface area (Å²) in [6.07, 6.45) is 0.922. The first-order chi connectivity index (χ1) is 14.4. The van der Waals surface area contributed by atoms with E-state index >= 15 is 0 Å².